The van der Waals surface area contributed by atoms with Crippen molar-refractivity contribution in [1.82, 2.24) is 30.8 Å². The fourth-order valence-corrected chi connectivity index (χ4v) is 2.95. The Morgan fingerprint density at radius 2 is 1.37 bits per heavy atom. The third kappa shape index (κ3) is 6.96. The van der Waals surface area contributed by atoms with E-state index in [4.69, 9.17) is 0 Å². The Labute approximate surface area is 201 Å². The molecule has 0 spiro atoms. The van der Waals surface area contributed by atoms with Gasteiger partial charge in [0.05, 0.1) is 6.42 Å². The van der Waals surface area contributed by atoms with Gasteiger partial charge < -0.3 is 5.32 Å². The molecule has 176 valence electrons. The fourth-order valence-electron chi connectivity index (χ4n) is 2.95. The highest BCUT2D eigenvalue weighted by atomic mass is 16.2. The van der Waals surface area contributed by atoms with Gasteiger partial charge in [-0.1, -0.05) is 48.0 Å². The van der Waals surface area contributed by atoms with E-state index in [0.29, 0.717) is 5.56 Å². The Bertz CT molecular complexity index is 1280. The Morgan fingerprint density at radius 1 is 0.743 bits per heavy atom. The summed E-state index contributed by atoms with van der Waals surface area (Å²) in [6.45, 7) is 1.99. The van der Waals surface area contributed by atoms with Gasteiger partial charge in [0.2, 0.25) is 23.8 Å². The highest BCUT2D eigenvalue weighted by Gasteiger charge is 2.11. The SMILES string of the molecule is Cc1ccc(Nc2nc(NNC(=O)Cc3ccccc3)nc(NNC(=O)c3ccncc3)n2)cc1. The van der Waals surface area contributed by atoms with Crippen LogP contribution in [0.3, 0.4) is 0 Å². The van der Waals surface area contributed by atoms with Crippen molar-refractivity contribution >= 4 is 35.3 Å². The number of anilines is 4. The number of nitrogens with one attached hydrogen (secondary N) is 5. The zero-order valence-corrected chi connectivity index (χ0v) is 18.8. The van der Waals surface area contributed by atoms with Gasteiger partial charge in [-0.25, -0.2) is 0 Å². The van der Waals surface area contributed by atoms with Gasteiger partial charge in [0, 0.05) is 23.6 Å². The molecule has 0 atom stereocenters. The van der Waals surface area contributed by atoms with E-state index < -0.39 is 5.91 Å². The van der Waals surface area contributed by atoms with Crippen molar-refractivity contribution in [2.24, 2.45) is 0 Å². The molecule has 0 aliphatic heterocycles. The van der Waals surface area contributed by atoms with Crippen molar-refractivity contribution in [2.45, 2.75) is 13.3 Å². The first-order valence-electron chi connectivity index (χ1n) is 10.7. The van der Waals surface area contributed by atoms with E-state index in [1.54, 1.807) is 12.1 Å². The second-order valence-electron chi connectivity index (χ2n) is 7.45. The van der Waals surface area contributed by atoms with Crippen LogP contribution in [-0.4, -0.2) is 31.8 Å². The van der Waals surface area contributed by atoms with Crippen molar-refractivity contribution in [3.63, 3.8) is 0 Å². The van der Waals surface area contributed by atoms with Crippen LogP contribution in [0, 0.1) is 6.92 Å². The van der Waals surface area contributed by atoms with E-state index in [2.05, 4.69) is 47.0 Å². The maximum Gasteiger partial charge on any atom is 0.269 e. The quantitative estimate of drug-likeness (QED) is 0.234. The Balaban J connectivity index is 1.47. The van der Waals surface area contributed by atoms with Crippen LogP contribution in [0.2, 0.25) is 0 Å². The number of hydrazine groups is 2. The van der Waals surface area contributed by atoms with Gasteiger partial charge in [-0.2, -0.15) is 15.0 Å². The zero-order valence-electron chi connectivity index (χ0n) is 18.8. The standard InChI is InChI=1S/C24H23N9O2/c1-16-7-9-19(10-8-16)26-22-27-23(32-30-20(34)15-17-5-3-2-4-6-17)29-24(28-22)33-31-21(35)18-11-13-25-14-12-18/h2-14H,15H2,1H3,(H,30,34)(H,31,35)(H3,26,27,28,29,32,33). The summed E-state index contributed by atoms with van der Waals surface area (Å²) in [6, 6.07) is 20.1. The molecule has 0 saturated heterocycles. The van der Waals surface area contributed by atoms with Crippen LogP contribution < -0.4 is 27.0 Å². The number of carbonyl (C=O) groups is 2. The molecule has 0 aliphatic carbocycles. The van der Waals surface area contributed by atoms with E-state index in [1.165, 1.54) is 12.4 Å². The van der Waals surface area contributed by atoms with Crippen LogP contribution in [0.25, 0.3) is 0 Å². The molecule has 0 saturated carbocycles. The summed E-state index contributed by atoms with van der Waals surface area (Å²) in [5, 5.41) is 3.08. The monoisotopic (exact) mass is 469 g/mol. The molecule has 0 bridgehead atoms. The second-order valence-corrected chi connectivity index (χ2v) is 7.45. The zero-order chi connectivity index (χ0) is 24.5. The molecular formula is C24H23N9O2. The molecule has 2 aromatic heterocycles. The molecule has 11 heteroatoms. The molecule has 0 aliphatic rings. The number of benzene rings is 2. The van der Waals surface area contributed by atoms with Crippen LogP contribution in [-0.2, 0) is 11.2 Å². The molecule has 2 amide bonds. The number of hydrogen-bond donors (Lipinski definition) is 5. The highest BCUT2D eigenvalue weighted by Crippen LogP contribution is 2.16. The summed E-state index contributed by atoms with van der Waals surface area (Å²) in [6.07, 6.45) is 3.21. The van der Waals surface area contributed by atoms with E-state index in [-0.39, 0.29) is 30.2 Å². The van der Waals surface area contributed by atoms with Gasteiger partial charge in [0.15, 0.2) is 0 Å². The first kappa shape index (κ1) is 23.1. The Kier molecular flexibility index (Phi) is 7.39. The summed E-state index contributed by atoms with van der Waals surface area (Å²) in [7, 11) is 0. The van der Waals surface area contributed by atoms with Crippen molar-refractivity contribution in [2.75, 3.05) is 16.2 Å². The number of rotatable bonds is 9. The van der Waals surface area contributed by atoms with Crippen molar-refractivity contribution < 1.29 is 9.59 Å². The predicted octanol–water partition coefficient (Wildman–Crippen LogP) is 2.76. The van der Waals surface area contributed by atoms with Crippen LogP contribution in [0.5, 0.6) is 0 Å². The van der Waals surface area contributed by atoms with E-state index in [9.17, 15) is 9.59 Å². The fraction of sp³-hybridized carbons (Fsp3) is 0.0833. The van der Waals surface area contributed by atoms with Crippen LogP contribution >= 0.6 is 0 Å². The number of pyridine rings is 1. The van der Waals surface area contributed by atoms with E-state index in [1.807, 2.05) is 61.5 Å². The van der Waals surface area contributed by atoms with E-state index in [0.717, 1.165) is 16.8 Å². The van der Waals surface area contributed by atoms with Gasteiger partial charge in [-0.05, 0) is 36.8 Å². The summed E-state index contributed by atoms with van der Waals surface area (Å²) < 4.78 is 0. The average Bonchev–Trinajstić information content (AvgIpc) is 2.88. The predicted molar refractivity (Wildman–Crippen MR) is 132 cm³/mol. The Morgan fingerprint density at radius 3 is 2.06 bits per heavy atom. The molecule has 0 fully saturated rings. The smallest absolute Gasteiger partial charge is 0.269 e. The van der Waals surface area contributed by atoms with Crippen LogP contribution in [0.4, 0.5) is 23.5 Å². The minimum atomic E-state index is -0.397. The maximum absolute atomic E-state index is 12.3. The highest BCUT2D eigenvalue weighted by molar-refractivity contribution is 5.94. The third-order valence-corrected chi connectivity index (χ3v) is 4.69. The minimum Gasteiger partial charge on any atom is -0.324 e. The average molecular weight is 470 g/mol. The van der Waals surface area contributed by atoms with Crippen LogP contribution in [0.15, 0.2) is 79.1 Å². The lowest BCUT2D eigenvalue weighted by Crippen LogP contribution is -2.33. The molecule has 4 rings (SSSR count). The number of aromatic nitrogens is 4. The first-order valence-corrected chi connectivity index (χ1v) is 10.7. The van der Waals surface area contributed by atoms with Gasteiger partial charge in [-0.15, -0.1) is 0 Å². The van der Waals surface area contributed by atoms with Gasteiger partial charge >= 0.3 is 0 Å². The summed E-state index contributed by atoms with van der Waals surface area (Å²) in [4.78, 5) is 41.3. The molecule has 2 heterocycles. The van der Waals surface area contributed by atoms with Gasteiger partial charge in [0.1, 0.15) is 0 Å². The number of aryl methyl sites for hydroxylation is 1. The summed E-state index contributed by atoms with van der Waals surface area (Å²) in [5.74, 6) is -0.352. The summed E-state index contributed by atoms with van der Waals surface area (Å²) in [5.41, 5.74) is 13.6. The molecule has 5 N–H and O–H groups in total. The first-order chi connectivity index (χ1) is 17.0. The molecule has 4 aromatic rings. The van der Waals surface area contributed by atoms with Gasteiger partial charge in [-0.3, -0.25) is 36.3 Å². The number of nitrogens with zero attached hydrogens (tertiary/aromatic N) is 4. The van der Waals surface area contributed by atoms with Gasteiger partial charge in [0.25, 0.3) is 5.91 Å². The molecule has 11 nitrogen and oxygen atoms in total. The van der Waals surface area contributed by atoms with E-state index >= 15 is 0 Å². The number of amides is 2. The van der Waals surface area contributed by atoms with Crippen molar-refractivity contribution in [3.8, 4) is 0 Å². The summed E-state index contributed by atoms with van der Waals surface area (Å²) >= 11 is 0. The molecule has 0 radical (unpaired) electrons. The number of hydrogen-bond acceptors (Lipinski definition) is 9. The largest absolute Gasteiger partial charge is 0.324 e. The lowest BCUT2D eigenvalue weighted by atomic mass is 10.1. The lowest BCUT2D eigenvalue weighted by Gasteiger charge is -2.12. The molecular weight excluding hydrogens is 446 g/mol. The maximum atomic E-state index is 12.3. The van der Waals surface area contributed by atoms with Crippen LogP contribution in [0.1, 0.15) is 21.5 Å². The third-order valence-electron chi connectivity index (χ3n) is 4.69. The molecule has 0 unspecified atom stereocenters. The van der Waals surface area contributed by atoms with Crippen molar-refractivity contribution in [3.05, 3.63) is 95.8 Å². The topological polar surface area (TPSA) is 146 Å². The normalized spacial score (nSPS) is 10.2. The van der Waals surface area contributed by atoms with Crippen molar-refractivity contribution in [1.29, 1.82) is 0 Å². The second kappa shape index (κ2) is 11.2. The minimum absolute atomic E-state index is 0.0526. The Hall–Kier alpha value is -5.06. The number of carbonyl (C=O) groups excluding carboxylic acids is 2. The molecule has 2 aromatic carbocycles. The lowest BCUT2D eigenvalue weighted by molar-refractivity contribution is -0.119. The molecule has 35 heavy (non-hydrogen) atoms.